The van der Waals surface area contributed by atoms with Crippen molar-refractivity contribution in [1.29, 1.82) is 0 Å². The van der Waals surface area contributed by atoms with E-state index in [9.17, 15) is 10.1 Å². The van der Waals surface area contributed by atoms with Gasteiger partial charge >= 0.3 is 0 Å². The maximum atomic E-state index is 11.1. The Kier molecular flexibility index (Phi) is 10.5. The van der Waals surface area contributed by atoms with Crippen LogP contribution in [0.25, 0.3) is 26.7 Å². The van der Waals surface area contributed by atoms with Gasteiger partial charge in [-0.05, 0) is 60.1 Å². The van der Waals surface area contributed by atoms with Crippen LogP contribution in [0.3, 0.4) is 0 Å². The third kappa shape index (κ3) is 7.33. The quantitative estimate of drug-likeness (QED) is 0.163. The fourth-order valence-electron chi connectivity index (χ4n) is 4.06. The van der Waals surface area contributed by atoms with E-state index in [0.717, 1.165) is 26.1 Å². The average molecular weight is 588 g/mol. The molecule has 2 aromatic heterocycles. The second-order valence-electron chi connectivity index (χ2n) is 8.51. The van der Waals surface area contributed by atoms with Crippen LogP contribution in [0.2, 0.25) is 0 Å². The highest BCUT2D eigenvalue weighted by Gasteiger charge is 2.19. The molecule has 0 spiro atoms. The Balaban J connectivity index is 0.000000596. The van der Waals surface area contributed by atoms with E-state index in [4.69, 9.17) is 10.2 Å². The summed E-state index contributed by atoms with van der Waals surface area (Å²) in [4.78, 5) is 15.4. The summed E-state index contributed by atoms with van der Waals surface area (Å²) in [5, 5.41) is 38.4. The summed E-state index contributed by atoms with van der Waals surface area (Å²) in [5.41, 5.74) is 2.93. The van der Waals surface area contributed by atoms with E-state index < -0.39 is 4.92 Å². The molecule has 6 rings (SSSR count). The molecule has 0 unspecified atom stereocenters. The van der Waals surface area contributed by atoms with Gasteiger partial charge in [-0.15, -0.1) is 21.5 Å². The van der Waals surface area contributed by atoms with E-state index in [1.165, 1.54) is 45.5 Å². The van der Waals surface area contributed by atoms with Gasteiger partial charge in [0.15, 0.2) is 4.34 Å². The summed E-state index contributed by atoms with van der Waals surface area (Å²) < 4.78 is 3.58. The third-order valence-corrected chi connectivity index (χ3v) is 7.71. The number of nitrogens with zero attached hydrogens (tertiary/aromatic N) is 5. The molecule has 4 aromatic carbocycles. The molecule has 0 bridgehead atoms. The van der Waals surface area contributed by atoms with E-state index in [0.29, 0.717) is 11.6 Å². The molecule has 0 atom stereocenters. The van der Waals surface area contributed by atoms with Gasteiger partial charge in [0.25, 0.3) is 5.69 Å². The summed E-state index contributed by atoms with van der Waals surface area (Å²) >= 11 is 2.82. The van der Waals surface area contributed by atoms with Gasteiger partial charge < -0.3 is 10.2 Å². The molecule has 0 amide bonds. The SMILES string of the molecule is CCO.CCO.O=[N+]([O-])c1ccc2nc(Sc3nnc(Cc4cccc5ccccc45)n3-c3ccccc3)sc2c1. The molecule has 0 aliphatic rings. The number of hydrogen-bond donors (Lipinski definition) is 2. The lowest BCUT2D eigenvalue weighted by atomic mass is 10.0. The summed E-state index contributed by atoms with van der Waals surface area (Å²) in [6, 6.07) is 29.4. The lowest BCUT2D eigenvalue weighted by Gasteiger charge is -2.11. The fourth-order valence-corrected chi connectivity index (χ4v) is 6.14. The van der Waals surface area contributed by atoms with Crippen LogP contribution >= 0.6 is 23.1 Å². The van der Waals surface area contributed by atoms with Crippen molar-refractivity contribution in [1.82, 2.24) is 19.7 Å². The fraction of sp³-hybridized carbons (Fsp3) is 0.167. The first kappa shape index (κ1) is 29.8. The minimum atomic E-state index is -0.391. The molecule has 0 aliphatic heterocycles. The van der Waals surface area contributed by atoms with Crippen LogP contribution in [0, 0.1) is 10.1 Å². The molecular weight excluding hydrogens is 558 g/mol. The van der Waals surface area contributed by atoms with E-state index in [1.807, 2.05) is 42.5 Å². The number of nitro benzene ring substituents is 1. The van der Waals surface area contributed by atoms with Gasteiger partial charge in [-0.25, -0.2) is 4.98 Å². The predicted octanol–water partition coefficient (Wildman–Crippen LogP) is 6.68. The molecule has 0 radical (unpaired) electrons. The van der Waals surface area contributed by atoms with E-state index in [1.54, 1.807) is 26.0 Å². The van der Waals surface area contributed by atoms with Crippen LogP contribution in [0.5, 0.6) is 0 Å². The Labute approximate surface area is 245 Å². The average Bonchev–Trinajstić information content (AvgIpc) is 3.57. The maximum Gasteiger partial charge on any atom is 0.270 e. The van der Waals surface area contributed by atoms with E-state index in [2.05, 4.69) is 50.1 Å². The van der Waals surface area contributed by atoms with E-state index in [-0.39, 0.29) is 18.9 Å². The van der Waals surface area contributed by atoms with Crippen LogP contribution in [0.1, 0.15) is 25.2 Å². The molecule has 11 heteroatoms. The van der Waals surface area contributed by atoms with Gasteiger partial charge in [-0.1, -0.05) is 60.7 Å². The molecular formula is C30H29N5O4S2. The van der Waals surface area contributed by atoms with Gasteiger partial charge in [-0.3, -0.25) is 14.7 Å². The van der Waals surface area contributed by atoms with Crippen LogP contribution in [0.4, 0.5) is 5.69 Å². The lowest BCUT2D eigenvalue weighted by molar-refractivity contribution is -0.384. The smallest absolute Gasteiger partial charge is 0.270 e. The molecule has 6 aromatic rings. The number of benzene rings is 4. The number of hydrogen-bond acceptors (Lipinski definition) is 9. The molecule has 2 N–H and O–H groups in total. The third-order valence-electron chi connectivity index (χ3n) is 5.69. The van der Waals surface area contributed by atoms with Crippen molar-refractivity contribution < 1.29 is 15.1 Å². The predicted molar refractivity (Wildman–Crippen MR) is 164 cm³/mol. The molecule has 9 nitrogen and oxygen atoms in total. The van der Waals surface area contributed by atoms with Crippen molar-refractivity contribution in [2.75, 3.05) is 13.2 Å². The Bertz CT molecular complexity index is 1730. The van der Waals surface area contributed by atoms with Gasteiger partial charge in [-0.2, -0.15) is 0 Å². The normalized spacial score (nSPS) is 10.5. The number of thiazole rings is 1. The van der Waals surface area contributed by atoms with Crippen LogP contribution in [0.15, 0.2) is 100 Å². The summed E-state index contributed by atoms with van der Waals surface area (Å²) in [6.07, 6.45) is 0.621. The van der Waals surface area contributed by atoms with Crippen LogP contribution in [-0.2, 0) is 6.42 Å². The lowest BCUT2D eigenvalue weighted by Crippen LogP contribution is -2.04. The monoisotopic (exact) mass is 587 g/mol. The molecule has 0 saturated carbocycles. The van der Waals surface area contributed by atoms with Gasteiger partial charge in [0, 0.05) is 37.5 Å². The first-order valence-corrected chi connectivity index (χ1v) is 14.5. The summed E-state index contributed by atoms with van der Waals surface area (Å²) in [6.45, 7) is 3.86. The summed E-state index contributed by atoms with van der Waals surface area (Å²) in [7, 11) is 0. The standard InChI is InChI=1S/C26H17N5O2S2.2C2H6O/c32-31(33)20-13-14-22-23(16-20)34-26(27-22)35-25-29-28-24(30(25)19-10-2-1-3-11-19)15-18-9-6-8-17-7-4-5-12-21(17)18;2*1-2-3/h1-14,16H,15H2;2*3H,2H2,1H3. The van der Waals surface area contributed by atoms with Crippen molar-refractivity contribution in [3.63, 3.8) is 0 Å². The Morgan fingerprint density at radius 1 is 0.902 bits per heavy atom. The number of non-ortho nitro benzene ring substituents is 1. The number of aliphatic hydroxyl groups is 2. The molecule has 0 fully saturated rings. The Hall–Kier alpha value is -4.16. The minimum absolute atomic E-state index is 0.0579. The Morgan fingerprint density at radius 3 is 2.32 bits per heavy atom. The van der Waals surface area contributed by atoms with Crippen molar-refractivity contribution >= 4 is 49.8 Å². The number of para-hydroxylation sites is 1. The molecule has 0 aliphatic carbocycles. The number of aromatic nitrogens is 4. The second-order valence-corrected chi connectivity index (χ2v) is 10.8. The number of rotatable bonds is 6. The second kappa shape index (κ2) is 14.5. The van der Waals surface area contributed by atoms with Gasteiger partial charge in [0.05, 0.1) is 15.1 Å². The highest BCUT2D eigenvalue weighted by atomic mass is 32.2. The molecule has 210 valence electrons. The number of fused-ring (bicyclic) bond motifs is 2. The Morgan fingerprint density at radius 2 is 1.59 bits per heavy atom. The number of aliphatic hydroxyl groups excluding tert-OH is 2. The van der Waals surface area contributed by atoms with Gasteiger partial charge in [0.2, 0.25) is 5.16 Å². The van der Waals surface area contributed by atoms with Crippen molar-refractivity contribution in [2.45, 2.75) is 29.8 Å². The first-order valence-electron chi connectivity index (χ1n) is 12.9. The van der Waals surface area contributed by atoms with Crippen molar-refractivity contribution in [3.8, 4) is 5.69 Å². The van der Waals surface area contributed by atoms with Crippen LogP contribution < -0.4 is 0 Å². The van der Waals surface area contributed by atoms with Crippen molar-refractivity contribution in [3.05, 3.63) is 112 Å². The van der Waals surface area contributed by atoms with Crippen LogP contribution in [-0.4, -0.2) is 48.1 Å². The highest BCUT2D eigenvalue weighted by molar-refractivity contribution is 8.01. The molecule has 41 heavy (non-hydrogen) atoms. The zero-order valence-corrected chi connectivity index (χ0v) is 24.2. The topological polar surface area (TPSA) is 127 Å². The first-order chi connectivity index (χ1) is 20.0. The molecule has 0 saturated heterocycles. The van der Waals surface area contributed by atoms with Crippen molar-refractivity contribution in [2.24, 2.45) is 0 Å². The highest BCUT2D eigenvalue weighted by Crippen LogP contribution is 2.36. The zero-order valence-electron chi connectivity index (χ0n) is 22.5. The van der Waals surface area contributed by atoms with E-state index >= 15 is 0 Å². The molecule has 2 heterocycles. The zero-order chi connectivity index (χ0) is 29.2. The maximum absolute atomic E-state index is 11.1. The van der Waals surface area contributed by atoms with Gasteiger partial charge in [0.1, 0.15) is 5.82 Å². The minimum Gasteiger partial charge on any atom is -0.397 e. The number of nitro groups is 1. The summed E-state index contributed by atoms with van der Waals surface area (Å²) in [5.74, 6) is 0.826. The largest absolute Gasteiger partial charge is 0.397 e.